The summed E-state index contributed by atoms with van der Waals surface area (Å²) >= 11 is 0. The second-order valence-corrected chi connectivity index (χ2v) is 8.30. The van der Waals surface area contributed by atoms with Gasteiger partial charge in [-0.2, -0.15) is 14.7 Å². The second-order valence-electron chi connectivity index (χ2n) is 6.04. The third kappa shape index (κ3) is 2.83. The first-order valence-corrected chi connectivity index (χ1v) is 9.44. The molecule has 2 aromatic rings. The Morgan fingerprint density at radius 1 is 1.42 bits per heavy atom. The smallest absolute Gasteiger partial charge is 0.213 e. The Morgan fingerprint density at radius 3 is 2.77 bits per heavy atom. The molecular weight excluding hydrogens is 358 g/mol. The molecule has 3 rings (SSSR count). The minimum absolute atomic E-state index is 0.00287. The van der Waals surface area contributed by atoms with E-state index in [2.05, 4.69) is 21.1 Å². The van der Waals surface area contributed by atoms with Crippen LogP contribution in [0.15, 0.2) is 18.7 Å². The third-order valence-electron chi connectivity index (χ3n) is 4.48. The summed E-state index contributed by atoms with van der Waals surface area (Å²) in [4.78, 5) is 19.2. The van der Waals surface area contributed by atoms with Crippen molar-refractivity contribution in [3.05, 3.63) is 24.3 Å². The molecule has 0 bridgehead atoms. The van der Waals surface area contributed by atoms with Crippen molar-refractivity contribution in [2.24, 2.45) is 0 Å². The number of aldehydes is 1. The van der Waals surface area contributed by atoms with Crippen LogP contribution in [-0.2, 0) is 15.6 Å². The van der Waals surface area contributed by atoms with Gasteiger partial charge in [-0.05, 0) is 6.92 Å². The highest BCUT2D eigenvalue weighted by Gasteiger charge is 2.49. The average Bonchev–Trinajstić information content (AvgIpc) is 3.07. The number of hydrogen-bond donors (Lipinski definition) is 1. The van der Waals surface area contributed by atoms with Gasteiger partial charge in [-0.1, -0.05) is 0 Å². The van der Waals surface area contributed by atoms with Gasteiger partial charge in [-0.15, -0.1) is 0 Å². The zero-order valence-corrected chi connectivity index (χ0v) is 14.8. The lowest BCUT2D eigenvalue weighted by Gasteiger charge is -2.47. The van der Waals surface area contributed by atoms with Crippen LogP contribution in [0.4, 0.5) is 5.82 Å². The van der Waals surface area contributed by atoms with Crippen molar-refractivity contribution in [2.75, 3.05) is 24.6 Å². The second kappa shape index (κ2) is 6.47. The minimum atomic E-state index is -3.32. The van der Waals surface area contributed by atoms with Crippen molar-refractivity contribution in [3.63, 3.8) is 0 Å². The highest BCUT2D eigenvalue weighted by Crippen LogP contribution is 2.35. The molecule has 0 saturated carbocycles. The zero-order valence-electron chi connectivity index (χ0n) is 14.0. The maximum atomic E-state index is 12.0. The molecule has 3 heterocycles. The number of rotatable bonds is 6. The average molecular weight is 375 g/mol. The van der Waals surface area contributed by atoms with Crippen LogP contribution in [0.3, 0.4) is 0 Å². The van der Waals surface area contributed by atoms with Crippen LogP contribution in [0, 0.1) is 11.3 Å². The standard InChI is InChI=1S/C15H17N7O3S/c1-2-26(24,25)21-8-15(9-21,3-4-16)22-6-11(5-20-22)13-12(7-23)14(17)19-10-18-13/h5-7,10H,2-3,8-9H2,1H3,(H2,17,18,19). The summed E-state index contributed by atoms with van der Waals surface area (Å²) in [7, 11) is -3.32. The molecule has 2 N–H and O–H groups in total. The summed E-state index contributed by atoms with van der Waals surface area (Å²) in [6, 6.07) is 2.10. The molecule has 0 spiro atoms. The molecular formula is C15H17N7O3S. The molecule has 11 heteroatoms. The molecule has 26 heavy (non-hydrogen) atoms. The van der Waals surface area contributed by atoms with E-state index in [1.165, 1.54) is 16.8 Å². The van der Waals surface area contributed by atoms with E-state index in [9.17, 15) is 18.5 Å². The highest BCUT2D eigenvalue weighted by molar-refractivity contribution is 7.89. The maximum absolute atomic E-state index is 12.0. The molecule has 136 valence electrons. The van der Waals surface area contributed by atoms with Crippen molar-refractivity contribution in [3.8, 4) is 17.3 Å². The maximum Gasteiger partial charge on any atom is 0.213 e. The van der Waals surface area contributed by atoms with Gasteiger partial charge in [-0.3, -0.25) is 9.48 Å². The molecule has 0 aromatic carbocycles. The molecule has 2 aromatic heterocycles. The van der Waals surface area contributed by atoms with Crippen molar-refractivity contribution < 1.29 is 13.2 Å². The largest absolute Gasteiger partial charge is 0.383 e. The van der Waals surface area contributed by atoms with Crippen molar-refractivity contribution in [1.82, 2.24) is 24.1 Å². The Labute approximate surface area is 150 Å². The first-order chi connectivity index (χ1) is 12.4. The topological polar surface area (TPSA) is 148 Å². The quantitative estimate of drug-likeness (QED) is 0.694. The summed E-state index contributed by atoms with van der Waals surface area (Å²) in [5, 5.41) is 13.5. The summed E-state index contributed by atoms with van der Waals surface area (Å²) in [6.07, 6.45) is 5.08. The molecule has 1 aliphatic rings. The van der Waals surface area contributed by atoms with Gasteiger partial charge < -0.3 is 5.73 Å². The Kier molecular flexibility index (Phi) is 4.47. The first-order valence-electron chi connectivity index (χ1n) is 7.83. The van der Waals surface area contributed by atoms with Crippen LogP contribution in [0.2, 0.25) is 0 Å². The Hall–Kier alpha value is -2.84. The fourth-order valence-electron chi connectivity index (χ4n) is 2.93. The van der Waals surface area contributed by atoms with Crippen LogP contribution in [0.5, 0.6) is 0 Å². The minimum Gasteiger partial charge on any atom is -0.383 e. The van der Waals surface area contributed by atoms with Gasteiger partial charge in [0.05, 0.1) is 35.7 Å². The Balaban J connectivity index is 1.95. The van der Waals surface area contributed by atoms with Gasteiger partial charge in [0.2, 0.25) is 10.0 Å². The molecule has 1 aliphatic heterocycles. The SMILES string of the molecule is CCS(=O)(=O)N1CC(CC#N)(n2cc(-c3ncnc(N)c3C=O)cn2)C1. The number of hydrogen-bond acceptors (Lipinski definition) is 8. The molecule has 0 unspecified atom stereocenters. The number of nitriles is 1. The molecule has 0 atom stereocenters. The van der Waals surface area contributed by atoms with Crippen molar-refractivity contribution in [2.45, 2.75) is 18.9 Å². The van der Waals surface area contributed by atoms with Crippen LogP contribution >= 0.6 is 0 Å². The van der Waals surface area contributed by atoms with Crippen molar-refractivity contribution >= 4 is 22.1 Å². The molecule has 1 fully saturated rings. The lowest BCUT2D eigenvalue weighted by Crippen LogP contribution is -2.64. The Morgan fingerprint density at radius 2 is 2.15 bits per heavy atom. The van der Waals surface area contributed by atoms with Gasteiger partial charge >= 0.3 is 0 Å². The van der Waals surface area contributed by atoms with E-state index in [-0.39, 0.29) is 36.6 Å². The molecule has 1 saturated heterocycles. The van der Waals surface area contributed by atoms with Crippen LogP contribution in [-0.4, -0.2) is 57.6 Å². The number of nitrogens with zero attached hydrogens (tertiary/aromatic N) is 6. The predicted octanol–water partition coefficient (Wildman–Crippen LogP) is 0.00908. The normalized spacial score (nSPS) is 16.6. The number of carbonyl (C=O) groups excluding carboxylic acids is 1. The molecule has 0 aliphatic carbocycles. The monoisotopic (exact) mass is 375 g/mol. The van der Waals surface area contributed by atoms with E-state index < -0.39 is 15.6 Å². The van der Waals surface area contributed by atoms with Crippen LogP contribution in [0.1, 0.15) is 23.7 Å². The van der Waals surface area contributed by atoms with E-state index in [4.69, 9.17) is 5.73 Å². The number of sulfonamides is 1. The lowest BCUT2D eigenvalue weighted by molar-refractivity contribution is 0.0719. The van der Waals surface area contributed by atoms with Gasteiger partial charge in [-0.25, -0.2) is 18.4 Å². The van der Waals surface area contributed by atoms with Gasteiger partial charge in [0, 0.05) is 24.8 Å². The number of nitrogens with two attached hydrogens (primary N) is 1. The van der Waals surface area contributed by atoms with Crippen molar-refractivity contribution in [1.29, 1.82) is 5.26 Å². The third-order valence-corrected chi connectivity index (χ3v) is 6.26. The van der Waals surface area contributed by atoms with Crippen LogP contribution in [0.25, 0.3) is 11.3 Å². The summed E-state index contributed by atoms with van der Waals surface area (Å²) in [5.41, 5.74) is 5.99. The number of nitrogen functional groups attached to an aromatic ring is 1. The number of carbonyl (C=O) groups is 1. The van der Waals surface area contributed by atoms with E-state index >= 15 is 0 Å². The Bertz CT molecular complexity index is 987. The van der Waals surface area contributed by atoms with Gasteiger partial charge in [0.1, 0.15) is 17.7 Å². The van der Waals surface area contributed by atoms with Gasteiger partial charge in [0.15, 0.2) is 6.29 Å². The lowest BCUT2D eigenvalue weighted by atomic mass is 9.89. The molecule has 0 amide bonds. The number of aromatic nitrogens is 4. The highest BCUT2D eigenvalue weighted by atomic mass is 32.2. The van der Waals surface area contributed by atoms with E-state index in [0.717, 1.165) is 0 Å². The van der Waals surface area contributed by atoms with Crippen LogP contribution < -0.4 is 5.73 Å². The summed E-state index contributed by atoms with van der Waals surface area (Å²) in [5.74, 6) is 0.0662. The predicted molar refractivity (Wildman–Crippen MR) is 92.3 cm³/mol. The fourth-order valence-corrected chi connectivity index (χ4v) is 4.17. The van der Waals surface area contributed by atoms with E-state index in [0.29, 0.717) is 17.5 Å². The van der Waals surface area contributed by atoms with E-state index in [1.807, 2.05) is 0 Å². The first kappa shape index (κ1) is 18.0. The summed E-state index contributed by atoms with van der Waals surface area (Å²) in [6.45, 7) is 1.92. The fraction of sp³-hybridized carbons (Fsp3) is 0.400. The molecule has 10 nitrogen and oxygen atoms in total. The van der Waals surface area contributed by atoms with Gasteiger partial charge in [0.25, 0.3) is 0 Å². The molecule has 0 radical (unpaired) electrons. The number of anilines is 1. The summed E-state index contributed by atoms with van der Waals surface area (Å²) < 4.78 is 26.9. The zero-order chi connectivity index (χ0) is 18.9. The van der Waals surface area contributed by atoms with E-state index in [1.54, 1.807) is 17.8 Å².